The third-order valence-corrected chi connectivity index (χ3v) is 3.70. The van der Waals surface area contributed by atoms with Gasteiger partial charge < -0.3 is 14.6 Å². The molecule has 1 aromatic carbocycles. The third-order valence-electron chi connectivity index (χ3n) is 3.70. The van der Waals surface area contributed by atoms with Crippen molar-refractivity contribution in [3.63, 3.8) is 0 Å². The Morgan fingerprint density at radius 1 is 1.16 bits per heavy atom. The Balaban J connectivity index is 1.87. The molecule has 7 heteroatoms. The lowest BCUT2D eigenvalue weighted by molar-refractivity contribution is 0.102. The van der Waals surface area contributed by atoms with Crippen LogP contribution in [0.5, 0.6) is 5.75 Å². The first-order valence-electron chi connectivity index (χ1n) is 7.91. The summed E-state index contributed by atoms with van der Waals surface area (Å²) in [6.07, 6.45) is 1.67. The maximum absolute atomic E-state index is 12.5. The largest absolute Gasteiger partial charge is 0.496 e. The van der Waals surface area contributed by atoms with Gasteiger partial charge in [0.05, 0.1) is 12.7 Å². The Bertz CT molecular complexity index is 888. The summed E-state index contributed by atoms with van der Waals surface area (Å²) < 4.78 is 7.15. The molecule has 2 aromatic heterocycles. The smallest absolute Gasteiger partial charge is 0.260 e. The number of rotatable bonds is 5. The second kappa shape index (κ2) is 7.12. The second-order valence-electron chi connectivity index (χ2n) is 5.72. The van der Waals surface area contributed by atoms with E-state index in [0.29, 0.717) is 28.6 Å². The van der Waals surface area contributed by atoms with Crippen LogP contribution in [0.25, 0.3) is 11.5 Å². The zero-order chi connectivity index (χ0) is 17.8. The molecular formula is C18H19N5O2. The van der Waals surface area contributed by atoms with E-state index in [-0.39, 0.29) is 11.9 Å². The average Bonchev–Trinajstić information content (AvgIpc) is 3.12. The van der Waals surface area contributed by atoms with Crippen LogP contribution in [0.1, 0.15) is 30.2 Å². The molecule has 25 heavy (non-hydrogen) atoms. The molecule has 0 atom stereocenters. The molecule has 0 radical (unpaired) electrons. The molecule has 0 unspecified atom stereocenters. The lowest BCUT2D eigenvalue weighted by Gasteiger charge is -2.11. The van der Waals surface area contributed by atoms with E-state index in [0.717, 1.165) is 0 Å². The number of aromatic nitrogens is 4. The number of methoxy groups -OCH3 is 1. The van der Waals surface area contributed by atoms with E-state index in [2.05, 4.69) is 20.5 Å². The number of para-hydroxylation sites is 1. The van der Waals surface area contributed by atoms with Crippen molar-refractivity contribution < 1.29 is 9.53 Å². The molecule has 7 nitrogen and oxygen atoms in total. The van der Waals surface area contributed by atoms with Gasteiger partial charge in [0.2, 0.25) is 0 Å². The van der Waals surface area contributed by atoms with Crippen molar-refractivity contribution in [2.75, 3.05) is 12.4 Å². The number of carbonyl (C=O) groups excluding carboxylic acids is 1. The minimum absolute atomic E-state index is 0.207. The fourth-order valence-electron chi connectivity index (χ4n) is 2.45. The van der Waals surface area contributed by atoms with Crippen LogP contribution in [-0.4, -0.2) is 32.8 Å². The van der Waals surface area contributed by atoms with Crippen molar-refractivity contribution in [2.45, 2.75) is 19.9 Å². The predicted octanol–water partition coefficient (Wildman–Crippen LogP) is 3.18. The summed E-state index contributed by atoms with van der Waals surface area (Å²) in [7, 11) is 1.53. The van der Waals surface area contributed by atoms with E-state index in [1.165, 1.54) is 7.11 Å². The summed E-state index contributed by atoms with van der Waals surface area (Å²) in [5.74, 6) is 1.32. The van der Waals surface area contributed by atoms with Gasteiger partial charge in [-0.25, -0.2) is 4.98 Å². The summed E-state index contributed by atoms with van der Waals surface area (Å²) in [6, 6.07) is 12.6. The standard InChI is InChI=1S/C18H19N5O2/c1-12(2)23-11-19-22-17(23)14-8-6-10-16(20-14)21-18(24)13-7-4-5-9-15(13)25-3/h4-12H,1-3H3,(H,20,21,24). The summed E-state index contributed by atoms with van der Waals surface area (Å²) in [5, 5.41) is 10.9. The molecular weight excluding hydrogens is 318 g/mol. The van der Waals surface area contributed by atoms with Crippen LogP contribution in [0.4, 0.5) is 5.82 Å². The zero-order valence-electron chi connectivity index (χ0n) is 14.3. The first kappa shape index (κ1) is 16.6. The number of benzene rings is 1. The SMILES string of the molecule is COc1ccccc1C(=O)Nc1cccc(-c2nncn2C(C)C)n1. The van der Waals surface area contributed by atoms with E-state index < -0.39 is 0 Å². The number of pyridine rings is 1. The highest BCUT2D eigenvalue weighted by molar-refractivity contribution is 6.05. The van der Waals surface area contributed by atoms with E-state index in [1.807, 2.05) is 36.6 Å². The molecule has 0 bridgehead atoms. The number of amides is 1. The quantitative estimate of drug-likeness (QED) is 0.773. The molecule has 3 rings (SSSR count). The number of anilines is 1. The lowest BCUT2D eigenvalue weighted by atomic mass is 10.2. The fraction of sp³-hybridized carbons (Fsp3) is 0.222. The molecule has 3 aromatic rings. The van der Waals surface area contributed by atoms with Gasteiger partial charge in [0.1, 0.15) is 23.6 Å². The molecule has 0 aliphatic rings. The molecule has 0 aliphatic heterocycles. The van der Waals surface area contributed by atoms with Gasteiger partial charge in [0.25, 0.3) is 5.91 Å². The predicted molar refractivity (Wildman–Crippen MR) is 94.6 cm³/mol. The minimum Gasteiger partial charge on any atom is -0.496 e. The Morgan fingerprint density at radius 3 is 2.72 bits per heavy atom. The Hall–Kier alpha value is -3.22. The molecule has 1 N–H and O–H groups in total. The van der Waals surface area contributed by atoms with Crippen LogP contribution in [-0.2, 0) is 0 Å². The Kier molecular flexibility index (Phi) is 4.74. The highest BCUT2D eigenvalue weighted by Crippen LogP contribution is 2.21. The summed E-state index contributed by atoms with van der Waals surface area (Å²) in [6.45, 7) is 4.08. The number of hydrogen-bond donors (Lipinski definition) is 1. The van der Waals surface area contributed by atoms with E-state index in [1.54, 1.807) is 30.6 Å². The Labute approximate surface area is 145 Å². The maximum Gasteiger partial charge on any atom is 0.260 e. The normalized spacial score (nSPS) is 10.7. The second-order valence-corrected chi connectivity index (χ2v) is 5.72. The maximum atomic E-state index is 12.5. The van der Waals surface area contributed by atoms with Crippen molar-refractivity contribution in [3.8, 4) is 17.3 Å². The topological polar surface area (TPSA) is 81.9 Å². The van der Waals surface area contributed by atoms with Crippen LogP contribution in [0.3, 0.4) is 0 Å². The number of nitrogens with one attached hydrogen (secondary N) is 1. The van der Waals surface area contributed by atoms with E-state index >= 15 is 0 Å². The van der Waals surface area contributed by atoms with Gasteiger partial charge in [-0.3, -0.25) is 4.79 Å². The molecule has 1 amide bonds. The molecule has 0 fully saturated rings. The molecule has 128 valence electrons. The van der Waals surface area contributed by atoms with Crippen molar-refractivity contribution in [2.24, 2.45) is 0 Å². The van der Waals surface area contributed by atoms with E-state index in [9.17, 15) is 4.79 Å². The summed E-state index contributed by atoms with van der Waals surface area (Å²) >= 11 is 0. The van der Waals surface area contributed by atoms with Crippen molar-refractivity contribution in [1.29, 1.82) is 0 Å². The number of ether oxygens (including phenoxy) is 1. The van der Waals surface area contributed by atoms with E-state index in [4.69, 9.17) is 4.74 Å². The zero-order valence-corrected chi connectivity index (χ0v) is 14.3. The number of hydrogen-bond acceptors (Lipinski definition) is 5. The molecule has 2 heterocycles. The van der Waals surface area contributed by atoms with Gasteiger partial charge in [0.15, 0.2) is 5.82 Å². The molecule has 0 spiro atoms. The summed E-state index contributed by atoms with van der Waals surface area (Å²) in [4.78, 5) is 17.0. The molecule has 0 aliphatic carbocycles. The van der Waals surface area contributed by atoms with Gasteiger partial charge in [-0.15, -0.1) is 10.2 Å². The average molecular weight is 337 g/mol. The van der Waals surface area contributed by atoms with Crippen LogP contribution < -0.4 is 10.1 Å². The first-order valence-corrected chi connectivity index (χ1v) is 7.91. The van der Waals surface area contributed by atoms with Gasteiger partial charge in [-0.2, -0.15) is 0 Å². The van der Waals surface area contributed by atoms with Crippen LogP contribution >= 0.6 is 0 Å². The Morgan fingerprint density at radius 2 is 1.96 bits per heavy atom. The molecule has 0 saturated carbocycles. The number of nitrogens with zero attached hydrogens (tertiary/aromatic N) is 4. The van der Waals surface area contributed by atoms with Gasteiger partial charge in [-0.05, 0) is 38.1 Å². The minimum atomic E-state index is -0.285. The van der Waals surface area contributed by atoms with Crippen LogP contribution in [0.2, 0.25) is 0 Å². The molecule has 0 saturated heterocycles. The van der Waals surface area contributed by atoms with Crippen LogP contribution in [0.15, 0.2) is 48.8 Å². The van der Waals surface area contributed by atoms with Crippen molar-refractivity contribution in [1.82, 2.24) is 19.7 Å². The van der Waals surface area contributed by atoms with Crippen molar-refractivity contribution >= 4 is 11.7 Å². The number of carbonyl (C=O) groups is 1. The lowest BCUT2D eigenvalue weighted by Crippen LogP contribution is -2.14. The highest BCUT2D eigenvalue weighted by atomic mass is 16.5. The first-order chi connectivity index (χ1) is 12.1. The summed E-state index contributed by atoms with van der Waals surface area (Å²) in [5.41, 5.74) is 1.09. The third kappa shape index (κ3) is 3.50. The van der Waals surface area contributed by atoms with Crippen LogP contribution in [0, 0.1) is 0 Å². The fourth-order valence-corrected chi connectivity index (χ4v) is 2.45. The van der Waals surface area contributed by atoms with Gasteiger partial charge in [-0.1, -0.05) is 18.2 Å². The van der Waals surface area contributed by atoms with Gasteiger partial charge >= 0.3 is 0 Å². The van der Waals surface area contributed by atoms with Gasteiger partial charge in [0, 0.05) is 6.04 Å². The monoisotopic (exact) mass is 337 g/mol. The highest BCUT2D eigenvalue weighted by Gasteiger charge is 2.14. The van der Waals surface area contributed by atoms with Crippen molar-refractivity contribution in [3.05, 3.63) is 54.4 Å².